The van der Waals surface area contributed by atoms with E-state index in [4.69, 9.17) is 9.47 Å². The monoisotopic (exact) mass is 437 g/mol. The highest BCUT2D eigenvalue weighted by atomic mass is 16.6. The quantitative estimate of drug-likeness (QED) is 0.213. The van der Waals surface area contributed by atoms with Crippen LogP contribution in [0, 0.1) is 0 Å². The van der Waals surface area contributed by atoms with Crippen molar-refractivity contribution < 1.29 is 19.1 Å². The number of ketones is 1. The third kappa shape index (κ3) is 11.2. The van der Waals surface area contributed by atoms with Gasteiger partial charge >= 0.3 is 6.09 Å². The van der Waals surface area contributed by atoms with Crippen LogP contribution in [0.25, 0.3) is 0 Å². The van der Waals surface area contributed by atoms with E-state index in [1.165, 1.54) is 69.1 Å². The smallest absolute Gasteiger partial charge is 0.413 e. The maximum Gasteiger partial charge on any atom is 0.413 e. The van der Waals surface area contributed by atoms with E-state index >= 15 is 0 Å². The highest BCUT2D eigenvalue weighted by molar-refractivity contribution is 5.96. The first kappa shape index (κ1) is 27.7. The summed E-state index contributed by atoms with van der Waals surface area (Å²) in [4.78, 5) is 26.8. The van der Waals surface area contributed by atoms with Gasteiger partial charge in [-0.05, 0) is 53.5 Å². The molecule has 180 valence electrons. The number of ether oxygens (including phenoxy) is 2. The largest absolute Gasteiger partial charge is 0.444 e. The van der Waals surface area contributed by atoms with Crippen LogP contribution in [0.2, 0.25) is 0 Å². The molecule has 5 heteroatoms. The average molecular weight is 438 g/mol. The molecule has 0 bridgehead atoms. The lowest BCUT2D eigenvalue weighted by atomic mass is 10.0. The number of carbonyl (C=O) groups is 2. The Labute approximate surface area is 190 Å². The lowest BCUT2D eigenvalue weighted by Gasteiger charge is -2.34. The number of carbonyl (C=O) groups excluding carboxylic acids is 2. The summed E-state index contributed by atoms with van der Waals surface area (Å²) in [5, 5.41) is 0. The van der Waals surface area contributed by atoms with Crippen molar-refractivity contribution in [1.29, 1.82) is 0 Å². The molecule has 1 rings (SSSR count). The second-order valence-electron chi connectivity index (χ2n) is 10.3. The molecule has 0 saturated carbocycles. The second-order valence-corrected chi connectivity index (χ2v) is 10.3. The SMILES string of the molecule is CCCCCCCCCCCCCC=CC(=O)C1COC(C)(C)N1C(=O)OC(C)(C)C. The van der Waals surface area contributed by atoms with E-state index in [0.29, 0.717) is 0 Å². The molecule has 0 radical (unpaired) electrons. The molecule has 31 heavy (non-hydrogen) atoms. The van der Waals surface area contributed by atoms with Gasteiger partial charge in [-0.3, -0.25) is 9.69 Å². The molecule has 0 aromatic rings. The minimum atomic E-state index is -0.855. The van der Waals surface area contributed by atoms with Gasteiger partial charge in [0.25, 0.3) is 0 Å². The number of rotatable bonds is 14. The van der Waals surface area contributed by atoms with Crippen molar-refractivity contribution in [2.75, 3.05) is 6.61 Å². The van der Waals surface area contributed by atoms with Crippen molar-refractivity contribution >= 4 is 11.9 Å². The molecule has 0 N–H and O–H groups in total. The van der Waals surface area contributed by atoms with Gasteiger partial charge in [-0.25, -0.2) is 4.79 Å². The third-order valence-corrected chi connectivity index (χ3v) is 5.66. The van der Waals surface area contributed by atoms with Crippen LogP contribution in [0.15, 0.2) is 12.2 Å². The Morgan fingerprint density at radius 3 is 2.00 bits per heavy atom. The Balaban J connectivity index is 2.27. The molecule has 1 heterocycles. The summed E-state index contributed by atoms with van der Waals surface area (Å²) in [5.41, 5.74) is -1.47. The number of unbranched alkanes of at least 4 members (excludes halogenated alkanes) is 11. The number of nitrogens with zero attached hydrogens (tertiary/aromatic N) is 1. The highest BCUT2D eigenvalue weighted by Gasteiger charge is 2.48. The van der Waals surface area contributed by atoms with Gasteiger partial charge in [0.15, 0.2) is 5.78 Å². The van der Waals surface area contributed by atoms with Crippen LogP contribution in [0.3, 0.4) is 0 Å². The minimum Gasteiger partial charge on any atom is -0.444 e. The predicted molar refractivity (Wildman–Crippen MR) is 127 cm³/mol. The minimum absolute atomic E-state index is 0.0977. The van der Waals surface area contributed by atoms with Gasteiger partial charge in [-0.1, -0.05) is 77.2 Å². The van der Waals surface area contributed by atoms with Crippen molar-refractivity contribution in [3.8, 4) is 0 Å². The zero-order chi connectivity index (χ0) is 23.3. The van der Waals surface area contributed by atoms with Crippen LogP contribution >= 0.6 is 0 Å². The first-order chi connectivity index (χ1) is 14.6. The molecule has 1 unspecified atom stereocenters. The van der Waals surface area contributed by atoms with E-state index in [1.54, 1.807) is 19.9 Å². The summed E-state index contributed by atoms with van der Waals surface area (Å²) in [7, 11) is 0. The lowest BCUT2D eigenvalue weighted by molar-refractivity contribution is -0.120. The Bertz CT molecular complexity index is 562. The molecule has 5 nitrogen and oxygen atoms in total. The fourth-order valence-electron chi connectivity index (χ4n) is 3.91. The van der Waals surface area contributed by atoms with E-state index in [2.05, 4.69) is 6.92 Å². The topological polar surface area (TPSA) is 55.8 Å². The van der Waals surface area contributed by atoms with E-state index in [1.807, 2.05) is 26.8 Å². The van der Waals surface area contributed by atoms with Gasteiger partial charge in [0.05, 0.1) is 6.61 Å². The predicted octanol–water partition coefficient (Wildman–Crippen LogP) is 7.18. The summed E-state index contributed by atoms with van der Waals surface area (Å²) in [6.45, 7) is 11.5. The van der Waals surface area contributed by atoms with Crippen LogP contribution in [0.5, 0.6) is 0 Å². The van der Waals surface area contributed by atoms with Gasteiger partial charge in [0.2, 0.25) is 0 Å². The molecule has 0 spiro atoms. The molecule has 0 aromatic heterocycles. The van der Waals surface area contributed by atoms with Crippen LogP contribution in [-0.2, 0) is 14.3 Å². The molecule has 1 saturated heterocycles. The van der Waals surface area contributed by atoms with E-state index in [9.17, 15) is 9.59 Å². The first-order valence-corrected chi connectivity index (χ1v) is 12.4. The molecule has 1 aliphatic rings. The lowest BCUT2D eigenvalue weighted by Crippen LogP contribution is -2.51. The van der Waals surface area contributed by atoms with Crippen LogP contribution in [0.1, 0.15) is 119 Å². The maximum atomic E-state index is 12.7. The van der Waals surface area contributed by atoms with Crippen LogP contribution < -0.4 is 0 Å². The average Bonchev–Trinajstić information content (AvgIpc) is 2.99. The summed E-state index contributed by atoms with van der Waals surface area (Å²) in [5.74, 6) is -0.0977. The van der Waals surface area contributed by atoms with Crippen molar-refractivity contribution in [2.24, 2.45) is 0 Å². The Morgan fingerprint density at radius 1 is 0.968 bits per heavy atom. The van der Waals surface area contributed by atoms with Crippen molar-refractivity contribution in [2.45, 2.75) is 136 Å². The van der Waals surface area contributed by atoms with E-state index in [0.717, 1.165) is 12.8 Å². The van der Waals surface area contributed by atoms with Gasteiger partial charge in [0.1, 0.15) is 17.4 Å². The molecule has 1 fully saturated rings. The number of amides is 1. The van der Waals surface area contributed by atoms with Gasteiger partial charge in [-0.15, -0.1) is 0 Å². The van der Waals surface area contributed by atoms with Crippen molar-refractivity contribution in [3.05, 3.63) is 12.2 Å². The molecule has 0 aromatic carbocycles. The Morgan fingerprint density at radius 2 is 1.48 bits per heavy atom. The summed E-state index contributed by atoms with van der Waals surface area (Å²) in [6, 6.07) is -0.626. The fraction of sp³-hybridized carbons (Fsp3) is 0.846. The summed E-state index contributed by atoms with van der Waals surface area (Å²) >= 11 is 0. The normalized spacial score (nSPS) is 18.6. The summed E-state index contributed by atoms with van der Waals surface area (Å²) < 4.78 is 11.2. The Kier molecular flexibility index (Phi) is 12.4. The fourth-order valence-corrected chi connectivity index (χ4v) is 3.91. The molecular weight excluding hydrogens is 390 g/mol. The molecule has 1 amide bonds. The maximum absolute atomic E-state index is 12.7. The summed E-state index contributed by atoms with van der Waals surface area (Å²) in [6.07, 6.45) is 18.4. The zero-order valence-electron chi connectivity index (χ0n) is 21.0. The second kappa shape index (κ2) is 13.9. The highest BCUT2D eigenvalue weighted by Crippen LogP contribution is 2.30. The van der Waals surface area contributed by atoms with Crippen LogP contribution in [0.4, 0.5) is 4.79 Å². The number of hydrogen-bond donors (Lipinski definition) is 0. The zero-order valence-corrected chi connectivity index (χ0v) is 21.0. The Hall–Kier alpha value is -1.36. The van der Waals surface area contributed by atoms with Crippen molar-refractivity contribution in [1.82, 2.24) is 4.90 Å². The van der Waals surface area contributed by atoms with Gasteiger partial charge in [0, 0.05) is 0 Å². The molecular formula is C26H47NO4. The number of allylic oxidation sites excluding steroid dienone is 1. The van der Waals surface area contributed by atoms with E-state index < -0.39 is 23.5 Å². The van der Waals surface area contributed by atoms with Gasteiger partial charge in [-0.2, -0.15) is 0 Å². The van der Waals surface area contributed by atoms with E-state index in [-0.39, 0.29) is 12.4 Å². The molecule has 0 aliphatic carbocycles. The third-order valence-electron chi connectivity index (χ3n) is 5.66. The first-order valence-electron chi connectivity index (χ1n) is 12.4. The molecule has 1 aliphatic heterocycles. The van der Waals surface area contributed by atoms with Gasteiger partial charge < -0.3 is 9.47 Å². The standard InChI is InChI=1S/C26H47NO4/c1-7-8-9-10-11-12-13-14-15-16-17-18-19-20-23(28)22-21-30-26(5,6)27(22)24(29)31-25(2,3)4/h19-20,22H,7-18,21H2,1-6H3. The van der Waals surface area contributed by atoms with Crippen LogP contribution in [-0.4, -0.2) is 40.8 Å². The molecule has 1 atom stereocenters. The number of hydrogen-bond acceptors (Lipinski definition) is 4. The van der Waals surface area contributed by atoms with Crippen molar-refractivity contribution in [3.63, 3.8) is 0 Å².